The SMILES string of the molecule is CC[C@H](C)n1c(-c2cccc(OC(F)(F)C(F)F)c2)n[nH]c1=S. The third kappa shape index (κ3) is 3.72. The standard InChI is InChI=1S/C14H15F4N3OS/c1-3-8(2)21-11(19-20-13(21)23)9-5-4-6-10(7-9)22-14(17,18)12(15)16/h4-8,12H,3H2,1-2H3,(H,20,23)/t8-/m0/s1. The molecule has 0 spiro atoms. The molecule has 1 N–H and O–H groups in total. The molecule has 9 heteroatoms. The Balaban J connectivity index is 2.40. The lowest BCUT2D eigenvalue weighted by Gasteiger charge is -2.17. The Morgan fingerprint density at radius 1 is 1.39 bits per heavy atom. The summed E-state index contributed by atoms with van der Waals surface area (Å²) in [4.78, 5) is 0. The molecule has 23 heavy (non-hydrogen) atoms. The number of H-pyrrole nitrogens is 1. The van der Waals surface area contributed by atoms with E-state index in [0.717, 1.165) is 6.42 Å². The molecule has 0 amide bonds. The molecule has 4 nitrogen and oxygen atoms in total. The number of aromatic amines is 1. The van der Waals surface area contributed by atoms with E-state index in [-0.39, 0.29) is 11.8 Å². The maximum absolute atomic E-state index is 13.0. The van der Waals surface area contributed by atoms with Crippen LogP contribution in [0.3, 0.4) is 0 Å². The summed E-state index contributed by atoms with van der Waals surface area (Å²) in [6.07, 6.45) is -7.69. The van der Waals surface area contributed by atoms with Crippen molar-refractivity contribution in [2.45, 2.75) is 38.8 Å². The monoisotopic (exact) mass is 349 g/mol. The van der Waals surface area contributed by atoms with Crippen molar-refractivity contribution in [3.8, 4) is 17.1 Å². The van der Waals surface area contributed by atoms with Gasteiger partial charge < -0.3 is 4.74 Å². The molecule has 1 heterocycles. The number of aromatic nitrogens is 3. The van der Waals surface area contributed by atoms with Crippen molar-refractivity contribution >= 4 is 12.2 Å². The number of ether oxygens (including phenoxy) is 1. The highest BCUT2D eigenvalue weighted by Crippen LogP contribution is 2.31. The van der Waals surface area contributed by atoms with Gasteiger partial charge in [0.25, 0.3) is 0 Å². The van der Waals surface area contributed by atoms with Gasteiger partial charge in [0.05, 0.1) is 0 Å². The second kappa shape index (κ2) is 6.69. The second-order valence-electron chi connectivity index (χ2n) is 4.97. The molecule has 1 aromatic carbocycles. The highest BCUT2D eigenvalue weighted by Gasteiger charge is 2.44. The van der Waals surface area contributed by atoms with E-state index in [4.69, 9.17) is 12.2 Å². The predicted molar refractivity (Wildman–Crippen MR) is 79.4 cm³/mol. The van der Waals surface area contributed by atoms with Crippen molar-refractivity contribution < 1.29 is 22.3 Å². The van der Waals surface area contributed by atoms with Crippen molar-refractivity contribution in [2.24, 2.45) is 0 Å². The third-order valence-electron chi connectivity index (χ3n) is 3.34. The quantitative estimate of drug-likeness (QED) is 0.601. The first kappa shape index (κ1) is 17.5. The topological polar surface area (TPSA) is 42.8 Å². The van der Waals surface area contributed by atoms with Crippen LogP contribution in [0.15, 0.2) is 24.3 Å². The second-order valence-corrected chi connectivity index (χ2v) is 5.36. The van der Waals surface area contributed by atoms with E-state index >= 15 is 0 Å². The number of nitrogens with one attached hydrogen (secondary N) is 1. The Bertz CT molecular complexity index is 729. The van der Waals surface area contributed by atoms with E-state index in [2.05, 4.69) is 14.9 Å². The van der Waals surface area contributed by atoms with Crippen LogP contribution in [0.25, 0.3) is 11.4 Å². The zero-order valence-corrected chi connectivity index (χ0v) is 13.2. The number of halogens is 4. The van der Waals surface area contributed by atoms with Gasteiger partial charge in [-0.3, -0.25) is 9.67 Å². The Kier molecular flexibility index (Phi) is 5.08. The largest absolute Gasteiger partial charge is 0.461 e. The zero-order chi connectivity index (χ0) is 17.2. The first-order chi connectivity index (χ1) is 10.8. The van der Waals surface area contributed by atoms with Crippen LogP contribution in [0.5, 0.6) is 5.75 Å². The lowest BCUT2D eigenvalue weighted by atomic mass is 10.2. The molecule has 1 atom stereocenters. The lowest BCUT2D eigenvalue weighted by Crippen LogP contribution is -2.33. The molecule has 126 valence electrons. The van der Waals surface area contributed by atoms with Crippen LogP contribution in [0.4, 0.5) is 17.6 Å². The normalized spacial score (nSPS) is 13.3. The summed E-state index contributed by atoms with van der Waals surface area (Å²) in [5, 5.41) is 6.73. The summed E-state index contributed by atoms with van der Waals surface area (Å²) in [6.45, 7) is 3.89. The van der Waals surface area contributed by atoms with Gasteiger partial charge in [0.15, 0.2) is 10.6 Å². The summed E-state index contributed by atoms with van der Waals surface area (Å²) in [5.74, 6) is 0.0487. The number of hydrogen-bond acceptors (Lipinski definition) is 3. The minimum atomic E-state index is -4.56. The van der Waals surface area contributed by atoms with Gasteiger partial charge in [-0.05, 0) is 37.7 Å². The summed E-state index contributed by atoms with van der Waals surface area (Å²) >= 11 is 5.16. The van der Waals surface area contributed by atoms with Crippen LogP contribution in [0.1, 0.15) is 26.3 Å². The van der Waals surface area contributed by atoms with Crippen LogP contribution in [-0.2, 0) is 0 Å². The number of rotatable bonds is 6. The summed E-state index contributed by atoms with van der Waals surface area (Å²) in [6, 6.07) is 5.46. The highest BCUT2D eigenvalue weighted by atomic mass is 32.1. The maximum atomic E-state index is 13.0. The molecule has 0 aliphatic heterocycles. The van der Waals surface area contributed by atoms with Crippen molar-refractivity contribution in [1.82, 2.24) is 14.8 Å². The first-order valence-corrected chi connectivity index (χ1v) is 7.29. The highest BCUT2D eigenvalue weighted by molar-refractivity contribution is 7.71. The Morgan fingerprint density at radius 2 is 2.09 bits per heavy atom. The molecule has 1 aromatic heterocycles. The fourth-order valence-electron chi connectivity index (χ4n) is 2.00. The van der Waals surface area contributed by atoms with Gasteiger partial charge in [0.2, 0.25) is 0 Å². The van der Waals surface area contributed by atoms with Crippen molar-refractivity contribution in [3.63, 3.8) is 0 Å². The van der Waals surface area contributed by atoms with Crippen LogP contribution < -0.4 is 4.74 Å². The number of nitrogens with zero attached hydrogens (tertiary/aromatic N) is 2. The van der Waals surface area contributed by atoms with Gasteiger partial charge in [-0.2, -0.15) is 22.7 Å². The molecule has 0 bridgehead atoms. The minimum absolute atomic E-state index is 0.0309. The fraction of sp³-hybridized carbons (Fsp3) is 0.429. The van der Waals surface area contributed by atoms with Crippen molar-refractivity contribution in [2.75, 3.05) is 0 Å². The van der Waals surface area contributed by atoms with Crippen LogP contribution >= 0.6 is 12.2 Å². The van der Waals surface area contributed by atoms with Gasteiger partial charge in [-0.25, -0.2) is 0 Å². The Morgan fingerprint density at radius 3 is 2.70 bits per heavy atom. The predicted octanol–water partition coefficient (Wildman–Crippen LogP) is 4.82. The van der Waals surface area contributed by atoms with Gasteiger partial charge in [-0.15, -0.1) is 0 Å². The average Bonchev–Trinajstić information content (AvgIpc) is 2.88. The average molecular weight is 349 g/mol. The van der Waals surface area contributed by atoms with Crippen molar-refractivity contribution in [1.29, 1.82) is 0 Å². The molecule has 0 saturated heterocycles. The van der Waals surface area contributed by atoms with Crippen LogP contribution in [-0.4, -0.2) is 27.3 Å². The molecule has 0 radical (unpaired) electrons. The van der Waals surface area contributed by atoms with E-state index in [1.165, 1.54) is 18.2 Å². The molecular weight excluding hydrogens is 334 g/mol. The maximum Gasteiger partial charge on any atom is 0.461 e. The van der Waals surface area contributed by atoms with Crippen molar-refractivity contribution in [3.05, 3.63) is 29.0 Å². The molecular formula is C14H15F4N3OS. The zero-order valence-electron chi connectivity index (χ0n) is 12.4. The molecule has 0 unspecified atom stereocenters. The third-order valence-corrected chi connectivity index (χ3v) is 3.62. The van der Waals surface area contributed by atoms with E-state index in [1.807, 2.05) is 13.8 Å². The van der Waals surface area contributed by atoms with Crippen LogP contribution in [0, 0.1) is 4.77 Å². The number of benzene rings is 1. The molecule has 0 saturated carbocycles. The number of alkyl halides is 4. The Labute approximate surface area is 135 Å². The smallest absolute Gasteiger partial charge is 0.428 e. The van der Waals surface area contributed by atoms with Gasteiger partial charge in [0.1, 0.15) is 5.75 Å². The van der Waals surface area contributed by atoms with E-state index in [9.17, 15) is 17.6 Å². The van der Waals surface area contributed by atoms with E-state index in [0.29, 0.717) is 16.2 Å². The molecule has 2 rings (SSSR count). The van der Waals surface area contributed by atoms with Gasteiger partial charge >= 0.3 is 12.5 Å². The molecule has 0 aliphatic carbocycles. The fourth-order valence-corrected chi connectivity index (χ4v) is 2.31. The lowest BCUT2D eigenvalue weighted by molar-refractivity contribution is -0.253. The minimum Gasteiger partial charge on any atom is -0.428 e. The molecule has 0 aliphatic rings. The van der Waals surface area contributed by atoms with E-state index in [1.54, 1.807) is 10.6 Å². The van der Waals surface area contributed by atoms with E-state index < -0.39 is 12.5 Å². The summed E-state index contributed by atoms with van der Waals surface area (Å²) < 4.78 is 56.7. The first-order valence-electron chi connectivity index (χ1n) is 6.88. The van der Waals surface area contributed by atoms with Gasteiger partial charge in [0, 0.05) is 11.6 Å². The van der Waals surface area contributed by atoms with Gasteiger partial charge in [-0.1, -0.05) is 19.1 Å². The van der Waals surface area contributed by atoms with Crippen LogP contribution in [0.2, 0.25) is 0 Å². The molecule has 0 fully saturated rings. The Hall–Kier alpha value is -1.90. The summed E-state index contributed by atoms with van der Waals surface area (Å²) in [5.41, 5.74) is 0.431. The molecule has 2 aromatic rings. The summed E-state index contributed by atoms with van der Waals surface area (Å²) in [7, 11) is 0. The number of hydrogen-bond donors (Lipinski definition) is 1.